The molecule has 2 rings (SSSR count). The predicted octanol–water partition coefficient (Wildman–Crippen LogP) is 0.747. The van der Waals surface area contributed by atoms with Gasteiger partial charge in [0.15, 0.2) is 0 Å². The standard InChI is InChI=1S/C11H21NO2/c13-8-9-4-3-7-12(9)10-5-1-2-6-11(10)14/h9-11,13-14H,1-8H2. The fourth-order valence-electron chi connectivity index (χ4n) is 2.97. The van der Waals surface area contributed by atoms with E-state index < -0.39 is 0 Å². The molecule has 0 aromatic heterocycles. The Balaban J connectivity index is 1.97. The molecule has 1 aliphatic heterocycles. The van der Waals surface area contributed by atoms with Gasteiger partial charge in [0.1, 0.15) is 0 Å². The highest BCUT2D eigenvalue weighted by Crippen LogP contribution is 2.29. The highest BCUT2D eigenvalue weighted by atomic mass is 16.3. The highest BCUT2D eigenvalue weighted by Gasteiger charge is 2.35. The minimum atomic E-state index is -0.157. The highest BCUT2D eigenvalue weighted by molar-refractivity contribution is 4.90. The number of nitrogens with zero attached hydrogens (tertiary/aromatic N) is 1. The maximum Gasteiger partial charge on any atom is 0.0695 e. The molecule has 0 aromatic carbocycles. The maximum absolute atomic E-state index is 9.92. The Kier molecular flexibility index (Phi) is 3.42. The van der Waals surface area contributed by atoms with Crippen LogP contribution in [0.5, 0.6) is 0 Å². The lowest BCUT2D eigenvalue weighted by Gasteiger charge is -2.38. The first kappa shape index (κ1) is 10.4. The monoisotopic (exact) mass is 199 g/mol. The second-order valence-electron chi connectivity index (χ2n) is 4.64. The van der Waals surface area contributed by atoms with Crippen LogP contribution in [0.3, 0.4) is 0 Å². The van der Waals surface area contributed by atoms with Crippen molar-refractivity contribution in [3.8, 4) is 0 Å². The van der Waals surface area contributed by atoms with Crippen LogP contribution in [0.2, 0.25) is 0 Å². The zero-order chi connectivity index (χ0) is 9.97. The van der Waals surface area contributed by atoms with E-state index in [1.807, 2.05) is 0 Å². The van der Waals surface area contributed by atoms with E-state index in [4.69, 9.17) is 0 Å². The molecule has 82 valence electrons. The van der Waals surface area contributed by atoms with Crippen molar-refractivity contribution in [3.63, 3.8) is 0 Å². The fourth-order valence-corrected chi connectivity index (χ4v) is 2.97. The quantitative estimate of drug-likeness (QED) is 0.689. The molecule has 0 spiro atoms. The fraction of sp³-hybridized carbons (Fsp3) is 1.00. The van der Waals surface area contributed by atoms with Gasteiger partial charge in [-0.05, 0) is 32.2 Å². The summed E-state index contributed by atoms with van der Waals surface area (Å²) in [6.07, 6.45) is 6.56. The summed E-state index contributed by atoms with van der Waals surface area (Å²) >= 11 is 0. The zero-order valence-corrected chi connectivity index (χ0v) is 8.73. The predicted molar refractivity (Wildman–Crippen MR) is 55.1 cm³/mol. The van der Waals surface area contributed by atoms with Gasteiger partial charge in [-0.3, -0.25) is 4.90 Å². The molecule has 0 aromatic rings. The van der Waals surface area contributed by atoms with Crippen molar-refractivity contribution >= 4 is 0 Å². The number of aliphatic hydroxyl groups is 2. The summed E-state index contributed by atoms with van der Waals surface area (Å²) < 4.78 is 0. The van der Waals surface area contributed by atoms with Gasteiger partial charge in [0.2, 0.25) is 0 Å². The van der Waals surface area contributed by atoms with Crippen LogP contribution in [0.25, 0.3) is 0 Å². The number of hydrogen-bond donors (Lipinski definition) is 2. The molecule has 2 fully saturated rings. The average molecular weight is 199 g/mol. The summed E-state index contributed by atoms with van der Waals surface area (Å²) in [6, 6.07) is 0.635. The van der Waals surface area contributed by atoms with Crippen LogP contribution in [-0.2, 0) is 0 Å². The van der Waals surface area contributed by atoms with Gasteiger partial charge in [0.05, 0.1) is 12.7 Å². The molecule has 3 unspecified atom stereocenters. The second kappa shape index (κ2) is 4.60. The van der Waals surface area contributed by atoms with Crippen molar-refractivity contribution in [2.24, 2.45) is 0 Å². The van der Waals surface area contributed by atoms with E-state index in [1.165, 1.54) is 12.8 Å². The van der Waals surface area contributed by atoms with E-state index in [9.17, 15) is 10.2 Å². The third-order valence-electron chi connectivity index (χ3n) is 3.75. The largest absolute Gasteiger partial charge is 0.395 e. The van der Waals surface area contributed by atoms with Crippen molar-refractivity contribution in [2.75, 3.05) is 13.2 Å². The van der Waals surface area contributed by atoms with Crippen LogP contribution in [0.1, 0.15) is 38.5 Å². The van der Waals surface area contributed by atoms with Crippen LogP contribution in [0.4, 0.5) is 0 Å². The minimum absolute atomic E-state index is 0.157. The normalized spacial score (nSPS) is 40.3. The Morgan fingerprint density at radius 2 is 1.86 bits per heavy atom. The SMILES string of the molecule is OCC1CCCN1C1CCCCC1O. The molecule has 1 saturated heterocycles. The van der Waals surface area contributed by atoms with Gasteiger partial charge in [-0.2, -0.15) is 0 Å². The molecule has 14 heavy (non-hydrogen) atoms. The van der Waals surface area contributed by atoms with Gasteiger partial charge >= 0.3 is 0 Å². The van der Waals surface area contributed by atoms with Crippen LogP contribution >= 0.6 is 0 Å². The summed E-state index contributed by atoms with van der Waals surface area (Å²) in [5, 5.41) is 19.1. The van der Waals surface area contributed by atoms with Gasteiger partial charge in [-0.15, -0.1) is 0 Å². The third-order valence-corrected chi connectivity index (χ3v) is 3.75. The van der Waals surface area contributed by atoms with Crippen LogP contribution in [0.15, 0.2) is 0 Å². The first-order valence-corrected chi connectivity index (χ1v) is 5.87. The lowest BCUT2D eigenvalue weighted by Crippen LogP contribution is -2.48. The Morgan fingerprint density at radius 1 is 1.07 bits per heavy atom. The van der Waals surface area contributed by atoms with Crippen molar-refractivity contribution < 1.29 is 10.2 Å². The Bertz CT molecular complexity index is 186. The molecule has 1 heterocycles. The minimum Gasteiger partial charge on any atom is -0.395 e. The Morgan fingerprint density at radius 3 is 2.57 bits per heavy atom. The first-order chi connectivity index (χ1) is 6.83. The zero-order valence-electron chi connectivity index (χ0n) is 8.73. The van der Waals surface area contributed by atoms with Gasteiger partial charge in [-0.25, -0.2) is 0 Å². The number of aliphatic hydroxyl groups excluding tert-OH is 2. The van der Waals surface area contributed by atoms with Gasteiger partial charge in [0, 0.05) is 12.1 Å². The number of likely N-dealkylation sites (tertiary alicyclic amines) is 1. The smallest absolute Gasteiger partial charge is 0.0695 e. The van der Waals surface area contributed by atoms with E-state index in [1.54, 1.807) is 0 Å². The van der Waals surface area contributed by atoms with Crippen molar-refractivity contribution in [2.45, 2.75) is 56.7 Å². The van der Waals surface area contributed by atoms with Gasteiger partial charge in [0.25, 0.3) is 0 Å². The van der Waals surface area contributed by atoms with E-state index in [0.717, 1.165) is 32.2 Å². The van der Waals surface area contributed by atoms with Crippen molar-refractivity contribution in [1.82, 2.24) is 4.90 Å². The molecule has 0 bridgehead atoms. The summed E-state index contributed by atoms with van der Waals surface area (Å²) in [6.45, 7) is 1.32. The van der Waals surface area contributed by atoms with E-state index in [2.05, 4.69) is 4.90 Å². The number of rotatable bonds is 2. The molecule has 3 atom stereocenters. The number of hydrogen-bond acceptors (Lipinski definition) is 3. The van der Waals surface area contributed by atoms with Crippen molar-refractivity contribution in [1.29, 1.82) is 0 Å². The third kappa shape index (κ3) is 1.95. The molecule has 2 N–H and O–H groups in total. The Hall–Kier alpha value is -0.120. The molecule has 3 heteroatoms. The van der Waals surface area contributed by atoms with Gasteiger partial charge in [-0.1, -0.05) is 12.8 Å². The summed E-state index contributed by atoms with van der Waals surface area (Å²) in [4.78, 5) is 2.34. The summed E-state index contributed by atoms with van der Waals surface area (Å²) in [7, 11) is 0. The van der Waals surface area contributed by atoms with E-state index >= 15 is 0 Å². The molecular weight excluding hydrogens is 178 g/mol. The average Bonchev–Trinajstić information content (AvgIpc) is 2.66. The molecule has 1 aliphatic carbocycles. The maximum atomic E-state index is 9.92. The van der Waals surface area contributed by atoms with Crippen LogP contribution in [0, 0.1) is 0 Å². The molecule has 2 aliphatic rings. The lowest BCUT2D eigenvalue weighted by atomic mass is 9.91. The molecular formula is C11H21NO2. The molecule has 0 radical (unpaired) electrons. The molecule has 1 saturated carbocycles. The second-order valence-corrected chi connectivity index (χ2v) is 4.64. The first-order valence-electron chi connectivity index (χ1n) is 5.87. The van der Waals surface area contributed by atoms with E-state index in [-0.39, 0.29) is 12.7 Å². The van der Waals surface area contributed by atoms with Crippen LogP contribution in [-0.4, -0.2) is 46.5 Å². The molecule has 0 amide bonds. The molecule has 3 nitrogen and oxygen atoms in total. The van der Waals surface area contributed by atoms with Gasteiger partial charge < -0.3 is 10.2 Å². The lowest BCUT2D eigenvalue weighted by molar-refractivity contribution is 0.00283. The summed E-state index contributed by atoms with van der Waals surface area (Å²) in [5.41, 5.74) is 0. The Labute approximate surface area is 85.7 Å². The van der Waals surface area contributed by atoms with E-state index in [0.29, 0.717) is 12.1 Å². The van der Waals surface area contributed by atoms with Crippen molar-refractivity contribution in [3.05, 3.63) is 0 Å². The van der Waals surface area contributed by atoms with Crippen LogP contribution < -0.4 is 0 Å². The summed E-state index contributed by atoms with van der Waals surface area (Å²) in [5.74, 6) is 0. The topological polar surface area (TPSA) is 43.7 Å².